The first kappa shape index (κ1) is 17.2. The van der Waals surface area contributed by atoms with Gasteiger partial charge in [-0.05, 0) is 19.1 Å². The van der Waals surface area contributed by atoms with Crippen molar-refractivity contribution in [2.24, 2.45) is 11.8 Å². The summed E-state index contributed by atoms with van der Waals surface area (Å²) in [5.41, 5.74) is 0.955. The molecule has 0 radical (unpaired) electrons. The van der Waals surface area contributed by atoms with Gasteiger partial charge in [0.15, 0.2) is 0 Å². The number of halogens is 1. The maximum absolute atomic E-state index is 12.6. The highest BCUT2D eigenvalue weighted by molar-refractivity contribution is 6.30. The van der Waals surface area contributed by atoms with Gasteiger partial charge in [-0.3, -0.25) is 9.78 Å². The van der Waals surface area contributed by atoms with Crippen molar-refractivity contribution in [1.29, 1.82) is 0 Å². The summed E-state index contributed by atoms with van der Waals surface area (Å²) in [5.74, 6) is 1.21. The van der Waals surface area contributed by atoms with E-state index < -0.39 is 0 Å². The fourth-order valence-electron chi connectivity index (χ4n) is 3.44. The molecule has 3 atom stereocenters. The highest BCUT2D eigenvalue weighted by Gasteiger charge is 2.46. The van der Waals surface area contributed by atoms with E-state index in [9.17, 15) is 4.79 Å². The molecule has 0 saturated carbocycles. The number of fused-ring (bicyclic) bond motifs is 1. The number of pyridine rings is 1. The predicted octanol–water partition coefficient (Wildman–Crippen LogP) is 2.00. The number of nitrogens with zero attached hydrogens (tertiary/aromatic N) is 4. The Hall–Kier alpha value is -2.25. The summed E-state index contributed by atoms with van der Waals surface area (Å²) in [6.07, 6.45) is 4.63. The van der Waals surface area contributed by atoms with E-state index in [1.165, 1.54) is 12.4 Å². The predicted molar refractivity (Wildman–Crippen MR) is 94.1 cm³/mol. The number of carbonyl (C=O) groups is 1. The lowest BCUT2D eigenvalue weighted by molar-refractivity contribution is 0.0652. The molecule has 8 heteroatoms. The number of aromatic nitrogens is 3. The highest BCUT2D eigenvalue weighted by atomic mass is 35.5. The minimum Gasteiger partial charge on any atom is -0.492 e. The lowest BCUT2D eigenvalue weighted by Gasteiger charge is -2.19. The molecule has 0 bridgehead atoms. The number of amides is 1. The van der Waals surface area contributed by atoms with Crippen molar-refractivity contribution in [1.82, 2.24) is 19.9 Å². The summed E-state index contributed by atoms with van der Waals surface area (Å²) in [7, 11) is 0. The molecule has 2 fully saturated rings. The van der Waals surface area contributed by atoms with Crippen molar-refractivity contribution in [3.8, 4) is 5.75 Å². The van der Waals surface area contributed by atoms with Crippen LogP contribution in [0.3, 0.4) is 0 Å². The van der Waals surface area contributed by atoms with E-state index in [2.05, 4.69) is 15.0 Å². The third-order valence-electron chi connectivity index (χ3n) is 4.89. The van der Waals surface area contributed by atoms with Gasteiger partial charge in [0.1, 0.15) is 5.75 Å². The first-order valence-electron chi connectivity index (χ1n) is 8.54. The maximum Gasteiger partial charge on any atom is 0.291 e. The van der Waals surface area contributed by atoms with E-state index in [1.54, 1.807) is 11.1 Å². The van der Waals surface area contributed by atoms with Gasteiger partial charge in [0.2, 0.25) is 5.82 Å². The van der Waals surface area contributed by atoms with Gasteiger partial charge < -0.3 is 14.4 Å². The van der Waals surface area contributed by atoms with Crippen LogP contribution in [0.5, 0.6) is 5.75 Å². The van der Waals surface area contributed by atoms with E-state index in [0.717, 1.165) is 11.4 Å². The van der Waals surface area contributed by atoms with Gasteiger partial charge in [-0.25, -0.2) is 9.97 Å². The van der Waals surface area contributed by atoms with E-state index in [-0.39, 0.29) is 29.7 Å². The monoisotopic (exact) mass is 374 g/mol. The van der Waals surface area contributed by atoms with Crippen LogP contribution >= 0.6 is 11.6 Å². The van der Waals surface area contributed by atoms with Crippen molar-refractivity contribution in [3.05, 3.63) is 47.3 Å². The largest absolute Gasteiger partial charge is 0.492 e. The number of likely N-dealkylation sites (tertiary alicyclic amines) is 1. The second kappa shape index (κ2) is 7.17. The van der Waals surface area contributed by atoms with Crippen LogP contribution < -0.4 is 4.74 Å². The van der Waals surface area contributed by atoms with Crippen LogP contribution in [0.15, 0.2) is 30.7 Å². The first-order valence-corrected chi connectivity index (χ1v) is 8.92. The SMILES string of the molecule is Cc1ccc(OC[C@H]2CO[C@@H]3CN(C(=O)c4ncc(Cl)cn4)C[C@H]23)cn1. The van der Waals surface area contributed by atoms with E-state index in [4.69, 9.17) is 21.1 Å². The van der Waals surface area contributed by atoms with Crippen LogP contribution in [0.1, 0.15) is 16.3 Å². The van der Waals surface area contributed by atoms with Gasteiger partial charge in [-0.2, -0.15) is 0 Å². The zero-order valence-electron chi connectivity index (χ0n) is 14.3. The topological polar surface area (TPSA) is 77.4 Å². The molecular formula is C18H19ClN4O3. The van der Waals surface area contributed by atoms with E-state index >= 15 is 0 Å². The molecule has 2 aromatic heterocycles. The normalized spacial score (nSPS) is 24.5. The van der Waals surface area contributed by atoms with Gasteiger partial charge in [0, 0.05) is 43.0 Å². The molecule has 0 N–H and O–H groups in total. The molecular weight excluding hydrogens is 356 g/mol. The maximum atomic E-state index is 12.6. The fraction of sp³-hybridized carbons (Fsp3) is 0.444. The Morgan fingerprint density at radius 2 is 2.08 bits per heavy atom. The van der Waals surface area contributed by atoms with Crippen LogP contribution in [-0.4, -0.2) is 58.2 Å². The summed E-state index contributed by atoms with van der Waals surface area (Å²) in [6, 6.07) is 3.84. The summed E-state index contributed by atoms with van der Waals surface area (Å²) < 4.78 is 11.7. The van der Waals surface area contributed by atoms with E-state index in [1.807, 2.05) is 19.1 Å². The Balaban J connectivity index is 1.36. The summed E-state index contributed by atoms with van der Waals surface area (Å²) in [6.45, 7) is 4.31. The second-order valence-corrected chi connectivity index (χ2v) is 7.11. The molecule has 4 rings (SSSR count). The quantitative estimate of drug-likeness (QED) is 0.814. The molecule has 2 saturated heterocycles. The lowest BCUT2D eigenvalue weighted by Crippen LogP contribution is -2.33. The average molecular weight is 375 g/mol. The molecule has 0 unspecified atom stereocenters. The second-order valence-electron chi connectivity index (χ2n) is 6.68. The van der Waals surface area contributed by atoms with Crippen molar-refractivity contribution >= 4 is 17.5 Å². The minimum absolute atomic E-state index is 0.0380. The van der Waals surface area contributed by atoms with Crippen molar-refractivity contribution in [2.75, 3.05) is 26.3 Å². The molecule has 7 nitrogen and oxygen atoms in total. The smallest absolute Gasteiger partial charge is 0.291 e. The molecule has 0 aliphatic carbocycles. The summed E-state index contributed by atoms with van der Waals surface area (Å²) in [4.78, 5) is 26.6. The number of hydrogen-bond donors (Lipinski definition) is 0. The Bertz CT molecular complexity index is 784. The highest BCUT2D eigenvalue weighted by Crippen LogP contribution is 2.34. The molecule has 4 heterocycles. The third-order valence-corrected chi connectivity index (χ3v) is 5.08. The van der Waals surface area contributed by atoms with Crippen molar-refractivity contribution < 1.29 is 14.3 Å². The minimum atomic E-state index is -0.193. The third kappa shape index (κ3) is 3.50. The number of carbonyl (C=O) groups excluding carboxylic acids is 1. The Kier molecular flexibility index (Phi) is 4.74. The van der Waals surface area contributed by atoms with Gasteiger partial charge in [-0.1, -0.05) is 11.6 Å². The van der Waals surface area contributed by atoms with Gasteiger partial charge in [0.25, 0.3) is 5.91 Å². The Labute approximate surface area is 156 Å². The van der Waals surface area contributed by atoms with Gasteiger partial charge in [-0.15, -0.1) is 0 Å². The molecule has 1 amide bonds. The van der Waals surface area contributed by atoms with Crippen molar-refractivity contribution in [2.45, 2.75) is 13.0 Å². The molecule has 2 aliphatic heterocycles. The first-order chi connectivity index (χ1) is 12.6. The van der Waals surface area contributed by atoms with Gasteiger partial charge in [0.05, 0.1) is 30.5 Å². The van der Waals surface area contributed by atoms with E-state index in [0.29, 0.717) is 31.3 Å². The number of aryl methyl sites for hydroxylation is 1. The average Bonchev–Trinajstić information content (AvgIpc) is 3.22. The van der Waals surface area contributed by atoms with Crippen LogP contribution in [-0.2, 0) is 4.74 Å². The molecule has 0 spiro atoms. The molecule has 136 valence electrons. The zero-order valence-corrected chi connectivity index (χ0v) is 15.1. The molecule has 26 heavy (non-hydrogen) atoms. The fourth-order valence-corrected chi connectivity index (χ4v) is 3.54. The molecule has 2 aliphatic rings. The molecule has 2 aromatic rings. The summed E-state index contributed by atoms with van der Waals surface area (Å²) >= 11 is 5.78. The standard InChI is InChI=1S/C18H19ClN4O3/c1-11-2-3-14(6-20-11)25-9-12-10-26-16-8-23(7-15(12)16)18(24)17-21-4-13(19)5-22-17/h2-6,12,15-16H,7-10H2,1H3/t12-,15+,16+/m0/s1. The molecule has 0 aromatic carbocycles. The number of ether oxygens (including phenoxy) is 2. The van der Waals surface area contributed by atoms with Crippen molar-refractivity contribution in [3.63, 3.8) is 0 Å². The van der Waals surface area contributed by atoms with Crippen LogP contribution in [0.4, 0.5) is 0 Å². The van der Waals surface area contributed by atoms with Gasteiger partial charge >= 0.3 is 0 Å². The number of hydrogen-bond acceptors (Lipinski definition) is 6. The van der Waals surface area contributed by atoms with Crippen LogP contribution in [0, 0.1) is 18.8 Å². The summed E-state index contributed by atoms with van der Waals surface area (Å²) in [5, 5.41) is 0.408. The van der Waals surface area contributed by atoms with Crippen LogP contribution in [0.2, 0.25) is 5.02 Å². The zero-order chi connectivity index (χ0) is 18.1. The number of rotatable bonds is 4. The lowest BCUT2D eigenvalue weighted by atomic mass is 9.94. The Morgan fingerprint density at radius 1 is 1.27 bits per heavy atom. The van der Waals surface area contributed by atoms with Crippen LogP contribution in [0.25, 0.3) is 0 Å². The Morgan fingerprint density at radius 3 is 2.81 bits per heavy atom.